The highest BCUT2D eigenvalue weighted by Crippen LogP contribution is 2.39. The molecule has 0 aliphatic carbocycles. The first kappa shape index (κ1) is 15.1. The van der Waals surface area contributed by atoms with E-state index in [4.69, 9.17) is 0 Å². The van der Waals surface area contributed by atoms with E-state index in [1.807, 2.05) is 18.2 Å². The minimum atomic E-state index is -2.99. The predicted octanol–water partition coefficient (Wildman–Crippen LogP) is 3.38. The van der Waals surface area contributed by atoms with Gasteiger partial charge in [-0.25, -0.2) is 8.42 Å². The molecule has 1 aliphatic rings. The van der Waals surface area contributed by atoms with E-state index in [9.17, 15) is 13.2 Å². The van der Waals surface area contributed by atoms with Gasteiger partial charge in [-0.2, -0.15) is 0 Å². The largest absolute Gasteiger partial charge is 0.337 e. The number of carbonyl (C=O) groups excluding carboxylic acids is 1. The van der Waals surface area contributed by atoms with Gasteiger partial charge in [-0.1, -0.05) is 18.2 Å². The van der Waals surface area contributed by atoms with E-state index in [1.54, 1.807) is 23.3 Å². The van der Waals surface area contributed by atoms with Crippen LogP contribution in [0.3, 0.4) is 0 Å². The molecule has 1 saturated heterocycles. The molecule has 0 spiro atoms. The van der Waals surface area contributed by atoms with Crippen molar-refractivity contribution >= 4 is 57.9 Å². The molecule has 4 nitrogen and oxygen atoms in total. The lowest BCUT2D eigenvalue weighted by Crippen LogP contribution is -2.37. The van der Waals surface area contributed by atoms with Crippen LogP contribution in [0.2, 0.25) is 0 Å². The van der Waals surface area contributed by atoms with Crippen LogP contribution in [0.25, 0.3) is 19.5 Å². The Bertz CT molecular complexity index is 1020. The first-order valence-electron chi connectivity index (χ1n) is 7.33. The van der Waals surface area contributed by atoms with Crippen LogP contribution in [0.15, 0.2) is 30.3 Å². The Morgan fingerprint density at radius 1 is 1.22 bits per heavy atom. The number of amides is 1. The van der Waals surface area contributed by atoms with Crippen molar-refractivity contribution in [1.82, 2.24) is 4.90 Å². The molecule has 0 radical (unpaired) electrons. The monoisotopic (exact) mass is 365 g/mol. The fourth-order valence-electron chi connectivity index (χ4n) is 3.03. The molecule has 1 aromatic carbocycles. The van der Waals surface area contributed by atoms with E-state index in [0.29, 0.717) is 11.3 Å². The number of thiophene rings is 2. The van der Waals surface area contributed by atoms with E-state index in [-0.39, 0.29) is 23.5 Å². The van der Waals surface area contributed by atoms with E-state index in [2.05, 4.69) is 12.1 Å². The summed E-state index contributed by atoms with van der Waals surface area (Å²) in [6.07, 6.45) is 0.535. The van der Waals surface area contributed by atoms with Crippen LogP contribution in [0.1, 0.15) is 16.1 Å². The van der Waals surface area contributed by atoms with E-state index >= 15 is 0 Å². The number of hydrogen-bond acceptors (Lipinski definition) is 5. The van der Waals surface area contributed by atoms with Crippen LogP contribution < -0.4 is 0 Å². The van der Waals surface area contributed by atoms with Gasteiger partial charge < -0.3 is 4.90 Å². The summed E-state index contributed by atoms with van der Waals surface area (Å²) in [6.45, 7) is 0. The molecule has 3 aromatic rings. The van der Waals surface area contributed by atoms with Gasteiger partial charge in [0.25, 0.3) is 5.91 Å². The molecule has 120 valence electrons. The Balaban J connectivity index is 1.67. The summed E-state index contributed by atoms with van der Waals surface area (Å²) < 4.78 is 26.7. The number of carbonyl (C=O) groups is 1. The van der Waals surface area contributed by atoms with Crippen molar-refractivity contribution in [2.24, 2.45) is 0 Å². The van der Waals surface area contributed by atoms with Crippen molar-refractivity contribution in [2.75, 3.05) is 18.6 Å². The number of fused-ring (bicyclic) bond motifs is 3. The van der Waals surface area contributed by atoms with Crippen LogP contribution >= 0.6 is 22.7 Å². The maximum Gasteiger partial charge on any atom is 0.264 e. The lowest BCUT2D eigenvalue weighted by atomic mass is 10.2. The van der Waals surface area contributed by atoms with Crippen LogP contribution in [-0.2, 0) is 9.84 Å². The summed E-state index contributed by atoms with van der Waals surface area (Å²) >= 11 is 3.19. The molecule has 1 aliphatic heterocycles. The highest BCUT2D eigenvalue weighted by Gasteiger charge is 2.33. The molecule has 3 heterocycles. The quantitative estimate of drug-likeness (QED) is 0.700. The summed E-state index contributed by atoms with van der Waals surface area (Å²) in [5.41, 5.74) is 0. The van der Waals surface area contributed by atoms with Crippen LogP contribution in [0.4, 0.5) is 0 Å². The van der Waals surface area contributed by atoms with Gasteiger partial charge in [-0.15, -0.1) is 22.7 Å². The molecule has 23 heavy (non-hydrogen) atoms. The number of nitrogens with zero attached hydrogens (tertiary/aromatic N) is 1. The number of sulfone groups is 1. The lowest BCUT2D eigenvalue weighted by Gasteiger charge is -2.22. The van der Waals surface area contributed by atoms with Gasteiger partial charge in [0.2, 0.25) is 0 Å². The van der Waals surface area contributed by atoms with E-state index in [1.165, 1.54) is 21.4 Å². The summed E-state index contributed by atoms with van der Waals surface area (Å²) in [4.78, 5) is 15.0. The first-order valence-corrected chi connectivity index (χ1v) is 10.8. The zero-order chi connectivity index (χ0) is 16.2. The minimum Gasteiger partial charge on any atom is -0.337 e. The average Bonchev–Trinajstić information content (AvgIpc) is 3.17. The Hall–Kier alpha value is -1.44. The molecular weight excluding hydrogens is 350 g/mol. The van der Waals surface area contributed by atoms with Crippen LogP contribution in [0, 0.1) is 0 Å². The SMILES string of the molecule is CN(C(=O)c1cc2sc3ccccc3c2s1)C1CCS(=O)(=O)C1. The zero-order valence-electron chi connectivity index (χ0n) is 12.5. The third-order valence-electron chi connectivity index (χ3n) is 4.34. The summed E-state index contributed by atoms with van der Waals surface area (Å²) in [5, 5.41) is 1.18. The van der Waals surface area contributed by atoms with Crippen molar-refractivity contribution in [2.45, 2.75) is 12.5 Å². The van der Waals surface area contributed by atoms with Crippen LogP contribution in [0.5, 0.6) is 0 Å². The number of benzene rings is 1. The smallest absolute Gasteiger partial charge is 0.264 e. The van der Waals surface area contributed by atoms with Crippen LogP contribution in [-0.4, -0.2) is 43.8 Å². The molecule has 0 saturated carbocycles. The Morgan fingerprint density at radius 3 is 2.74 bits per heavy atom. The van der Waals surface area contributed by atoms with Crippen molar-refractivity contribution < 1.29 is 13.2 Å². The summed E-state index contributed by atoms with van der Waals surface area (Å²) in [5.74, 6) is 0.182. The van der Waals surface area contributed by atoms with Gasteiger partial charge in [-0.05, 0) is 18.6 Å². The Kier molecular flexibility index (Phi) is 3.48. The molecular formula is C16H15NO3S3. The van der Waals surface area contributed by atoms with E-state index < -0.39 is 9.84 Å². The highest BCUT2D eigenvalue weighted by molar-refractivity contribution is 7.91. The first-order chi connectivity index (χ1) is 10.9. The normalized spacial score (nSPS) is 20.3. The van der Waals surface area contributed by atoms with Gasteiger partial charge >= 0.3 is 0 Å². The molecule has 0 N–H and O–H groups in total. The highest BCUT2D eigenvalue weighted by atomic mass is 32.2. The standard InChI is InChI=1S/C16H15NO3S3/c1-17(10-6-7-23(19,20)9-10)16(18)14-8-13-15(22-14)11-4-2-3-5-12(11)21-13/h2-5,8,10H,6-7,9H2,1H3. The van der Waals surface area contributed by atoms with Crippen molar-refractivity contribution in [1.29, 1.82) is 0 Å². The number of rotatable bonds is 2. The van der Waals surface area contributed by atoms with Crippen molar-refractivity contribution in [3.8, 4) is 0 Å². The zero-order valence-corrected chi connectivity index (χ0v) is 14.9. The Morgan fingerprint density at radius 2 is 2.00 bits per heavy atom. The maximum absolute atomic E-state index is 12.7. The third kappa shape index (κ3) is 2.56. The lowest BCUT2D eigenvalue weighted by molar-refractivity contribution is 0.0752. The topological polar surface area (TPSA) is 54.5 Å². The molecule has 4 rings (SSSR count). The van der Waals surface area contributed by atoms with Gasteiger partial charge in [0.05, 0.1) is 21.1 Å². The molecule has 1 amide bonds. The maximum atomic E-state index is 12.7. The minimum absolute atomic E-state index is 0.0791. The molecule has 0 bridgehead atoms. The van der Waals surface area contributed by atoms with Gasteiger partial charge in [0.1, 0.15) is 0 Å². The number of hydrogen-bond donors (Lipinski definition) is 0. The Labute approximate surface area is 142 Å². The fourth-order valence-corrected chi connectivity index (χ4v) is 7.31. The molecule has 7 heteroatoms. The van der Waals surface area contributed by atoms with Crippen molar-refractivity contribution in [3.63, 3.8) is 0 Å². The van der Waals surface area contributed by atoms with Gasteiger partial charge in [-0.3, -0.25) is 4.79 Å². The van der Waals surface area contributed by atoms with Gasteiger partial charge in [0, 0.05) is 27.9 Å². The second kappa shape index (κ2) is 5.29. The third-order valence-corrected chi connectivity index (χ3v) is 8.49. The summed E-state index contributed by atoms with van der Waals surface area (Å²) in [6, 6.07) is 9.92. The van der Waals surface area contributed by atoms with Crippen molar-refractivity contribution in [3.05, 3.63) is 35.2 Å². The molecule has 1 fully saturated rings. The second-order valence-electron chi connectivity index (χ2n) is 5.88. The summed E-state index contributed by atoms with van der Waals surface area (Å²) in [7, 11) is -1.28. The second-order valence-corrected chi connectivity index (χ2v) is 10.2. The molecule has 1 unspecified atom stereocenters. The average molecular weight is 366 g/mol. The van der Waals surface area contributed by atoms with Gasteiger partial charge in [0.15, 0.2) is 9.84 Å². The fraction of sp³-hybridized carbons (Fsp3) is 0.312. The predicted molar refractivity (Wildman–Crippen MR) is 96.4 cm³/mol. The molecule has 1 atom stereocenters. The molecule has 2 aromatic heterocycles. The van der Waals surface area contributed by atoms with E-state index in [0.717, 1.165) is 9.40 Å².